The Morgan fingerprint density at radius 1 is 1.06 bits per heavy atom. The standard InChI is InChI=1S/C28H31N3O2S/c1-7-33-24-14-10-22(11-15-24)29-27-30-26(32)25(34-27)17-20-16-18(2)31(19(20)3)23-12-8-21(9-13-23)28(4,5)6/h8-17H,7H2,1-6H3,(H,29,30,32)/b25-17+. The number of aliphatic imine (C=N–C) groups is 1. The largest absolute Gasteiger partial charge is 0.494 e. The first-order chi connectivity index (χ1) is 16.2. The minimum absolute atomic E-state index is 0.118. The van der Waals surface area contributed by atoms with Gasteiger partial charge in [0, 0.05) is 17.1 Å². The molecule has 2 heterocycles. The number of ether oxygens (including phenoxy) is 1. The molecule has 0 unspecified atom stereocenters. The van der Waals surface area contributed by atoms with Crippen molar-refractivity contribution in [3.63, 3.8) is 0 Å². The smallest absolute Gasteiger partial charge is 0.264 e. The van der Waals surface area contributed by atoms with Gasteiger partial charge in [0.1, 0.15) is 5.75 Å². The predicted octanol–water partition coefficient (Wildman–Crippen LogP) is 6.68. The molecule has 0 bridgehead atoms. The van der Waals surface area contributed by atoms with E-state index in [2.05, 4.69) is 79.8 Å². The molecule has 2 aromatic carbocycles. The van der Waals surface area contributed by atoms with Crippen LogP contribution in [0.3, 0.4) is 0 Å². The number of nitrogens with zero attached hydrogens (tertiary/aromatic N) is 2. The van der Waals surface area contributed by atoms with Crippen LogP contribution in [-0.2, 0) is 10.2 Å². The molecule has 0 radical (unpaired) electrons. The molecule has 1 aliphatic heterocycles. The third-order valence-electron chi connectivity index (χ3n) is 5.78. The maximum absolute atomic E-state index is 12.6. The molecular formula is C28H31N3O2S. The Morgan fingerprint density at radius 3 is 2.35 bits per heavy atom. The van der Waals surface area contributed by atoms with Crippen LogP contribution in [0.5, 0.6) is 5.75 Å². The number of nitrogens with one attached hydrogen (secondary N) is 1. The van der Waals surface area contributed by atoms with Gasteiger partial charge in [0.25, 0.3) is 5.91 Å². The van der Waals surface area contributed by atoms with E-state index in [0.29, 0.717) is 16.7 Å². The molecule has 5 nitrogen and oxygen atoms in total. The number of carbonyl (C=O) groups is 1. The van der Waals surface area contributed by atoms with Crippen molar-refractivity contribution in [3.05, 3.63) is 82.0 Å². The number of rotatable bonds is 5. The Balaban J connectivity index is 1.57. The molecular weight excluding hydrogens is 442 g/mol. The zero-order valence-electron chi connectivity index (χ0n) is 20.6. The van der Waals surface area contributed by atoms with Crippen LogP contribution < -0.4 is 10.1 Å². The van der Waals surface area contributed by atoms with Crippen molar-refractivity contribution in [1.82, 2.24) is 9.88 Å². The van der Waals surface area contributed by atoms with Gasteiger partial charge < -0.3 is 14.6 Å². The van der Waals surface area contributed by atoms with E-state index in [9.17, 15) is 4.79 Å². The van der Waals surface area contributed by atoms with Gasteiger partial charge in [0.15, 0.2) is 5.17 Å². The fourth-order valence-corrected chi connectivity index (χ4v) is 4.80. The van der Waals surface area contributed by atoms with Crippen LogP contribution in [0.2, 0.25) is 0 Å². The zero-order chi connectivity index (χ0) is 24.5. The van der Waals surface area contributed by atoms with E-state index in [1.807, 2.05) is 37.3 Å². The van der Waals surface area contributed by atoms with Crippen molar-refractivity contribution in [2.24, 2.45) is 4.99 Å². The summed E-state index contributed by atoms with van der Waals surface area (Å²) in [6.07, 6.45) is 1.95. The van der Waals surface area contributed by atoms with Crippen LogP contribution >= 0.6 is 11.8 Å². The summed E-state index contributed by atoms with van der Waals surface area (Å²) in [5, 5.41) is 3.45. The van der Waals surface area contributed by atoms with Crippen molar-refractivity contribution in [2.75, 3.05) is 6.61 Å². The normalized spacial score (nSPS) is 16.4. The minimum atomic E-state index is -0.131. The second kappa shape index (κ2) is 9.55. The van der Waals surface area contributed by atoms with Crippen LogP contribution in [0.4, 0.5) is 5.69 Å². The predicted molar refractivity (Wildman–Crippen MR) is 142 cm³/mol. The Morgan fingerprint density at radius 2 is 1.74 bits per heavy atom. The molecule has 3 aromatic rings. The first-order valence-corrected chi connectivity index (χ1v) is 12.3. The highest BCUT2D eigenvalue weighted by molar-refractivity contribution is 8.18. The number of amides is 1. The Labute approximate surface area is 205 Å². The first-order valence-electron chi connectivity index (χ1n) is 11.5. The highest BCUT2D eigenvalue weighted by Gasteiger charge is 2.24. The zero-order valence-corrected chi connectivity index (χ0v) is 21.4. The molecule has 0 saturated carbocycles. The van der Waals surface area contributed by atoms with Gasteiger partial charge in [-0.2, -0.15) is 0 Å². The molecule has 0 atom stereocenters. The summed E-state index contributed by atoms with van der Waals surface area (Å²) in [6.45, 7) is 13.4. The first kappa shape index (κ1) is 23.9. The number of hydrogen-bond acceptors (Lipinski definition) is 4. The quantitative estimate of drug-likeness (QED) is 0.421. The summed E-state index contributed by atoms with van der Waals surface area (Å²) in [6, 6.07) is 18.3. The fraction of sp³-hybridized carbons (Fsp3) is 0.286. The summed E-state index contributed by atoms with van der Waals surface area (Å²) >= 11 is 1.36. The van der Waals surface area contributed by atoms with Crippen LogP contribution in [0.15, 0.2) is 64.5 Å². The Bertz CT molecular complexity index is 1260. The number of carbonyl (C=O) groups excluding carboxylic acids is 1. The summed E-state index contributed by atoms with van der Waals surface area (Å²) in [4.78, 5) is 17.8. The second-order valence-corrected chi connectivity index (χ2v) is 10.4. The van der Waals surface area contributed by atoms with Crippen molar-refractivity contribution in [3.8, 4) is 11.4 Å². The molecule has 176 valence electrons. The van der Waals surface area contributed by atoms with Gasteiger partial charge in [0.2, 0.25) is 0 Å². The van der Waals surface area contributed by atoms with E-state index in [0.717, 1.165) is 34.1 Å². The topological polar surface area (TPSA) is 55.6 Å². The SMILES string of the molecule is CCOc1ccc(N=C2NC(=O)/C(=C\c3cc(C)n(-c4ccc(C(C)(C)C)cc4)c3C)S2)cc1. The average Bonchev–Trinajstić information content (AvgIpc) is 3.27. The lowest BCUT2D eigenvalue weighted by Gasteiger charge is -2.20. The lowest BCUT2D eigenvalue weighted by Crippen LogP contribution is -2.19. The molecule has 1 aromatic heterocycles. The lowest BCUT2D eigenvalue weighted by atomic mass is 9.87. The van der Waals surface area contributed by atoms with E-state index in [1.54, 1.807) is 0 Å². The van der Waals surface area contributed by atoms with Gasteiger partial charge >= 0.3 is 0 Å². The van der Waals surface area contributed by atoms with Gasteiger partial charge in [-0.25, -0.2) is 4.99 Å². The monoisotopic (exact) mass is 473 g/mol. The van der Waals surface area contributed by atoms with Gasteiger partial charge in [-0.3, -0.25) is 4.79 Å². The lowest BCUT2D eigenvalue weighted by molar-refractivity contribution is -0.115. The third kappa shape index (κ3) is 5.12. The maximum Gasteiger partial charge on any atom is 0.264 e. The number of benzene rings is 2. The summed E-state index contributed by atoms with van der Waals surface area (Å²) in [5.41, 5.74) is 6.56. The molecule has 4 rings (SSSR count). The fourth-order valence-electron chi connectivity index (χ4n) is 3.96. The molecule has 1 amide bonds. The van der Waals surface area contributed by atoms with E-state index in [4.69, 9.17) is 4.74 Å². The van der Waals surface area contributed by atoms with Crippen LogP contribution in [0.25, 0.3) is 11.8 Å². The molecule has 1 N–H and O–H groups in total. The van der Waals surface area contributed by atoms with Crippen molar-refractivity contribution >= 4 is 34.6 Å². The Kier molecular flexibility index (Phi) is 6.71. The second-order valence-electron chi connectivity index (χ2n) is 9.37. The minimum Gasteiger partial charge on any atom is -0.494 e. The van der Waals surface area contributed by atoms with Gasteiger partial charge in [-0.1, -0.05) is 32.9 Å². The average molecular weight is 474 g/mol. The van der Waals surface area contributed by atoms with Crippen LogP contribution in [0, 0.1) is 13.8 Å². The number of aryl methyl sites for hydroxylation is 1. The van der Waals surface area contributed by atoms with Crippen molar-refractivity contribution < 1.29 is 9.53 Å². The van der Waals surface area contributed by atoms with Gasteiger partial charge in [0.05, 0.1) is 17.2 Å². The molecule has 34 heavy (non-hydrogen) atoms. The van der Waals surface area contributed by atoms with Gasteiger partial charge in [-0.05, 0) is 97.6 Å². The number of amidine groups is 1. The highest BCUT2D eigenvalue weighted by atomic mass is 32.2. The number of aromatic nitrogens is 1. The molecule has 6 heteroatoms. The van der Waals surface area contributed by atoms with E-state index in [-0.39, 0.29) is 11.3 Å². The summed E-state index contributed by atoms with van der Waals surface area (Å²) < 4.78 is 7.70. The highest BCUT2D eigenvalue weighted by Crippen LogP contribution is 2.31. The molecule has 1 saturated heterocycles. The van der Waals surface area contributed by atoms with E-state index >= 15 is 0 Å². The molecule has 1 aliphatic rings. The molecule has 1 fully saturated rings. The van der Waals surface area contributed by atoms with Gasteiger partial charge in [-0.15, -0.1) is 0 Å². The van der Waals surface area contributed by atoms with Crippen LogP contribution in [0.1, 0.15) is 50.2 Å². The Hall–Kier alpha value is -3.25. The number of hydrogen-bond donors (Lipinski definition) is 1. The van der Waals surface area contributed by atoms with E-state index in [1.165, 1.54) is 17.3 Å². The van der Waals surface area contributed by atoms with Crippen molar-refractivity contribution in [2.45, 2.75) is 47.0 Å². The molecule has 0 aliphatic carbocycles. The number of thioether (sulfide) groups is 1. The van der Waals surface area contributed by atoms with Crippen molar-refractivity contribution in [1.29, 1.82) is 0 Å². The van der Waals surface area contributed by atoms with E-state index < -0.39 is 0 Å². The summed E-state index contributed by atoms with van der Waals surface area (Å²) in [5.74, 6) is 0.674. The third-order valence-corrected chi connectivity index (χ3v) is 6.69. The van der Waals surface area contributed by atoms with Crippen LogP contribution in [-0.4, -0.2) is 22.2 Å². The summed E-state index contributed by atoms with van der Waals surface area (Å²) in [7, 11) is 0. The molecule has 0 spiro atoms. The maximum atomic E-state index is 12.6.